The predicted octanol–water partition coefficient (Wildman–Crippen LogP) is -2.72. The second-order valence-corrected chi connectivity index (χ2v) is 10.0. The van der Waals surface area contributed by atoms with Gasteiger partial charge in [0.05, 0.1) is 0 Å². The molecule has 0 radical (unpaired) electrons. The summed E-state index contributed by atoms with van der Waals surface area (Å²) in [6.07, 6.45) is -5.24. The van der Waals surface area contributed by atoms with Gasteiger partial charge in [-0.1, -0.05) is 0 Å². The molecule has 0 aromatic carbocycles. The lowest BCUT2D eigenvalue weighted by Crippen LogP contribution is -2.40. The zero-order chi connectivity index (χ0) is 17.6. The van der Waals surface area contributed by atoms with Crippen LogP contribution in [-0.4, -0.2) is 99.7 Å². The lowest BCUT2D eigenvalue weighted by molar-refractivity contribution is -0.236. The largest absolute Gasteiger partial charge is 0.324 e. The summed E-state index contributed by atoms with van der Waals surface area (Å²) in [6.45, 7) is 0. The zero-order valence-corrected chi connectivity index (χ0v) is 15.0. The topological polar surface area (TPSA) is 118 Å². The van der Waals surface area contributed by atoms with Crippen LogP contribution in [-0.2, 0) is 39.4 Å². The van der Waals surface area contributed by atoms with E-state index >= 15 is 0 Å². The molecule has 14 heteroatoms. The molecule has 4 atom stereocenters. The van der Waals surface area contributed by atoms with Gasteiger partial charge in [0.1, 0.15) is 0 Å². The lowest BCUT2D eigenvalue weighted by atomic mass is 10.5. The Bertz CT molecular complexity index is 647. The maximum Gasteiger partial charge on any atom is 0.286 e. The fraction of sp³-hybridized carbons (Fsp3) is 1.00. The van der Waals surface area contributed by atoms with Crippen molar-refractivity contribution in [1.82, 2.24) is 17.2 Å². The minimum absolute atomic E-state index is 0.822. The molecule has 0 aromatic rings. The van der Waals surface area contributed by atoms with Crippen molar-refractivity contribution in [1.29, 1.82) is 0 Å². The van der Waals surface area contributed by atoms with E-state index in [1.165, 1.54) is 28.2 Å². The van der Waals surface area contributed by atoms with Gasteiger partial charge in [-0.2, -0.15) is 34.1 Å². The van der Waals surface area contributed by atoms with Crippen molar-refractivity contribution >= 4 is 20.4 Å². The Hall–Kier alpha value is -0.420. The number of fused-ring (bicyclic) bond motifs is 2. The molecule has 0 N–H and O–H groups in total. The first-order valence-corrected chi connectivity index (χ1v) is 9.90. The maximum atomic E-state index is 12.0. The van der Waals surface area contributed by atoms with Gasteiger partial charge in [-0.05, 0) is 0 Å². The van der Waals surface area contributed by atoms with Crippen molar-refractivity contribution in [3.05, 3.63) is 0 Å². The van der Waals surface area contributed by atoms with E-state index in [1.54, 1.807) is 0 Å². The van der Waals surface area contributed by atoms with Crippen molar-refractivity contribution in [3.63, 3.8) is 0 Å². The minimum Gasteiger partial charge on any atom is -0.324 e. The highest BCUT2D eigenvalue weighted by Crippen LogP contribution is 2.40. The highest BCUT2D eigenvalue weighted by molar-refractivity contribution is 7.87. The van der Waals surface area contributed by atoms with Crippen LogP contribution in [0.15, 0.2) is 0 Å². The number of hydrogen-bond acceptors (Lipinski definition) is 8. The van der Waals surface area contributed by atoms with E-state index < -0.39 is 57.9 Å². The summed E-state index contributed by atoms with van der Waals surface area (Å²) < 4.78 is 74.8. The number of ether oxygens (including phenoxy) is 4. The average Bonchev–Trinajstić information content (AvgIpc) is 3.20. The summed E-state index contributed by atoms with van der Waals surface area (Å²) in [5, 5.41) is 0. The van der Waals surface area contributed by atoms with Gasteiger partial charge >= 0.3 is 0 Å². The van der Waals surface area contributed by atoms with Gasteiger partial charge in [-0.25, -0.2) is 0 Å². The summed E-state index contributed by atoms with van der Waals surface area (Å²) >= 11 is 0. The van der Waals surface area contributed by atoms with E-state index in [2.05, 4.69) is 0 Å². The van der Waals surface area contributed by atoms with Crippen molar-refractivity contribution < 1.29 is 35.8 Å². The molecule has 4 unspecified atom stereocenters. The number of rotatable bonds is 1. The van der Waals surface area contributed by atoms with Crippen molar-refractivity contribution in [2.24, 2.45) is 0 Å². The Morgan fingerprint density at radius 1 is 0.542 bits per heavy atom. The van der Waals surface area contributed by atoms with Crippen LogP contribution in [0.25, 0.3) is 0 Å². The van der Waals surface area contributed by atoms with Crippen LogP contribution in [0.3, 0.4) is 0 Å². The molecule has 0 spiro atoms. The third-order valence-electron chi connectivity index (χ3n) is 4.69. The van der Waals surface area contributed by atoms with E-state index in [0.717, 1.165) is 17.2 Å². The molecule has 0 amide bonds. The van der Waals surface area contributed by atoms with Crippen LogP contribution < -0.4 is 0 Å². The Labute approximate surface area is 139 Å². The van der Waals surface area contributed by atoms with Gasteiger partial charge in [0, 0.05) is 28.2 Å². The van der Waals surface area contributed by atoms with E-state index in [0.29, 0.717) is 0 Å². The van der Waals surface area contributed by atoms with Gasteiger partial charge in [-0.15, -0.1) is 0 Å². The fourth-order valence-corrected chi connectivity index (χ4v) is 5.61. The molecular weight excluding hydrogens is 368 g/mol. The van der Waals surface area contributed by atoms with Gasteiger partial charge in [0.2, 0.25) is 12.6 Å². The third kappa shape index (κ3) is 2.00. The van der Waals surface area contributed by atoms with Crippen molar-refractivity contribution in [3.8, 4) is 0 Å². The van der Waals surface area contributed by atoms with Gasteiger partial charge in [0.25, 0.3) is 20.4 Å². The average molecular weight is 386 g/mol. The molecule has 4 aliphatic heterocycles. The highest BCUT2D eigenvalue weighted by atomic mass is 32.2. The molecule has 0 aromatic heterocycles. The van der Waals surface area contributed by atoms with Crippen molar-refractivity contribution in [2.45, 2.75) is 37.5 Å². The second kappa shape index (κ2) is 5.06. The van der Waals surface area contributed by atoms with E-state index in [9.17, 15) is 16.8 Å². The lowest BCUT2D eigenvalue weighted by Gasteiger charge is -2.24. The first-order valence-electron chi connectivity index (χ1n) is 7.10. The molecule has 12 nitrogen and oxygen atoms in total. The molecule has 0 aliphatic carbocycles. The summed E-state index contributed by atoms with van der Waals surface area (Å²) in [7, 11) is -1.68. The number of hydrogen-bond donors (Lipinski definition) is 0. The number of likely N-dealkylation sites (N-methyl/N-ethyl adjacent to an activating group) is 4. The molecule has 4 rings (SSSR count). The summed E-state index contributed by atoms with van der Waals surface area (Å²) in [5.41, 5.74) is 0. The Morgan fingerprint density at radius 3 is 0.958 bits per heavy atom. The monoisotopic (exact) mass is 386 g/mol. The third-order valence-corrected chi connectivity index (χ3v) is 8.44. The Balaban J connectivity index is 1.50. The molecular formula is C10H18N4O8S2. The van der Waals surface area contributed by atoms with Gasteiger partial charge in [0.15, 0.2) is 24.9 Å². The second-order valence-electron chi connectivity index (χ2n) is 5.92. The summed E-state index contributed by atoms with van der Waals surface area (Å²) in [4.78, 5) is 0. The normalized spacial score (nSPS) is 48.8. The fourth-order valence-electron chi connectivity index (χ4n) is 3.13. The maximum absolute atomic E-state index is 12.0. The predicted molar refractivity (Wildman–Crippen MR) is 76.0 cm³/mol. The molecule has 4 fully saturated rings. The molecule has 4 saturated heterocycles. The number of nitrogens with zero attached hydrogens (tertiary/aromatic N) is 4. The zero-order valence-electron chi connectivity index (χ0n) is 13.3. The molecule has 4 aliphatic rings. The minimum atomic E-state index is -3.62. The van der Waals surface area contributed by atoms with Crippen LogP contribution in [0.4, 0.5) is 0 Å². The van der Waals surface area contributed by atoms with Crippen LogP contribution in [0.5, 0.6) is 0 Å². The Morgan fingerprint density at radius 2 is 0.750 bits per heavy atom. The van der Waals surface area contributed by atoms with Crippen molar-refractivity contribution in [2.75, 3.05) is 28.2 Å². The molecule has 0 bridgehead atoms. The van der Waals surface area contributed by atoms with Crippen LogP contribution >= 0.6 is 0 Å². The summed E-state index contributed by atoms with van der Waals surface area (Å²) in [5.74, 6) is 0. The van der Waals surface area contributed by atoms with Gasteiger partial charge in [-0.3, -0.25) is 0 Å². The highest BCUT2D eigenvalue weighted by Gasteiger charge is 2.61. The SMILES string of the molecule is CN1C2OC(C3OC4C(O3)N(C)S(=O)(=O)N4C)OC2N(C)S1(=O)=O. The van der Waals surface area contributed by atoms with E-state index in [4.69, 9.17) is 18.9 Å². The standard InChI is InChI=1S/C10H18N4O8S2/c1-11-5-6(12(2)23(11,15)16)20-9(19-5)10-21-7-8(22-10)14(4)24(17,18)13(7)3/h5-10H,1-4H3. The van der Waals surface area contributed by atoms with Crippen LogP contribution in [0.1, 0.15) is 0 Å². The quantitative estimate of drug-likeness (QED) is 0.477. The van der Waals surface area contributed by atoms with Crippen LogP contribution in [0.2, 0.25) is 0 Å². The summed E-state index contributed by atoms with van der Waals surface area (Å²) in [6, 6.07) is 0. The van der Waals surface area contributed by atoms with E-state index in [-0.39, 0.29) is 0 Å². The molecule has 138 valence electrons. The Kier molecular flexibility index (Phi) is 3.59. The smallest absolute Gasteiger partial charge is 0.286 e. The van der Waals surface area contributed by atoms with Gasteiger partial charge < -0.3 is 18.9 Å². The van der Waals surface area contributed by atoms with E-state index in [1.807, 2.05) is 0 Å². The molecule has 4 heterocycles. The molecule has 0 saturated carbocycles. The first kappa shape index (κ1) is 17.0. The molecule has 24 heavy (non-hydrogen) atoms. The first-order chi connectivity index (χ1) is 11.1. The van der Waals surface area contributed by atoms with Crippen LogP contribution in [0, 0.1) is 0 Å².